The number of amides is 1. The van der Waals surface area contributed by atoms with E-state index in [1.54, 1.807) is 13.1 Å². The second kappa shape index (κ2) is 9.77. The number of benzene rings is 1. The van der Waals surface area contributed by atoms with E-state index >= 15 is 0 Å². The topological polar surface area (TPSA) is 69.6 Å². The van der Waals surface area contributed by atoms with Crippen LogP contribution in [0.5, 0.6) is 0 Å². The Kier molecular flexibility index (Phi) is 7.41. The first-order valence-corrected chi connectivity index (χ1v) is 8.75. The average molecular weight is 374 g/mol. The highest BCUT2D eigenvalue weighted by Crippen LogP contribution is 2.11. The van der Waals surface area contributed by atoms with Crippen molar-refractivity contribution in [3.8, 4) is 0 Å². The molecule has 1 amide bonds. The Hall–Kier alpha value is -2.60. The van der Waals surface area contributed by atoms with Gasteiger partial charge >= 0.3 is 0 Å². The first-order valence-electron chi connectivity index (χ1n) is 8.37. The van der Waals surface area contributed by atoms with E-state index in [0.29, 0.717) is 30.4 Å². The maximum absolute atomic E-state index is 12.0. The van der Waals surface area contributed by atoms with E-state index in [2.05, 4.69) is 20.6 Å². The molecule has 2 rings (SSSR count). The van der Waals surface area contributed by atoms with Gasteiger partial charge < -0.3 is 15.5 Å². The van der Waals surface area contributed by atoms with Gasteiger partial charge in [-0.05, 0) is 36.8 Å². The quantitative estimate of drug-likeness (QED) is 0.603. The molecule has 0 atom stereocenters. The summed E-state index contributed by atoms with van der Waals surface area (Å²) in [5.74, 6) is 1.20. The number of pyridine rings is 1. The molecule has 0 bridgehead atoms. The molecular weight excluding hydrogens is 350 g/mol. The maximum atomic E-state index is 12.0. The molecular formula is C19H24ClN5O. The van der Waals surface area contributed by atoms with Crippen LogP contribution < -0.4 is 10.6 Å². The predicted molar refractivity (Wildman–Crippen MR) is 107 cm³/mol. The summed E-state index contributed by atoms with van der Waals surface area (Å²) in [5.41, 5.74) is 1.99. The van der Waals surface area contributed by atoms with E-state index in [9.17, 15) is 4.79 Å². The molecule has 0 saturated carbocycles. The summed E-state index contributed by atoms with van der Waals surface area (Å²) in [6, 6.07) is 13.2. The van der Waals surface area contributed by atoms with Crippen molar-refractivity contribution in [1.29, 1.82) is 0 Å². The number of nitrogens with zero attached hydrogens (tertiary/aromatic N) is 3. The van der Waals surface area contributed by atoms with Crippen LogP contribution in [0.2, 0.25) is 5.02 Å². The number of nitrogens with one attached hydrogen (secondary N) is 2. The summed E-state index contributed by atoms with van der Waals surface area (Å²) in [5, 5.41) is 6.71. The van der Waals surface area contributed by atoms with E-state index in [4.69, 9.17) is 11.6 Å². The minimum absolute atomic E-state index is 0.0913. The number of carbonyl (C=O) groups is 1. The zero-order valence-corrected chi connectivity index (χ0v) is 16.0. The van der Waals surface area contributed by atoms with Gasteiger partial charge in [0.2, 0.25) is 5.91 Å². The van der Waals surface area contributed by atoms with Crippen LogP contribution in [0.3, 0.4) is 0 Å². The van der Waals surface area contributed by atoms with Crippen molar-refractivity contribution < 1.29 is 4.79 Å². The average Bonchev–Trinajstić information content (AvgIpc) is 2.60. The summed E-state index contributed by atoms with van der Waals surface area (Å²) in [4.78, 5) is 22.5. The maximum Gasteiger partial charge on any atom is 0.227 e. The molecule has 7 heteroatoms. The van der Waals surface area contributed by atoms with Crippen LogP contribution in [0, 0.1) is 6.92 Å². The predicted octanol–water partition coefficient (Wildman–Crippen LogP) is 3.08. The number of anilines is 1. The highest BCUT2D eigenvalue weighted by molar-refractivity contribution is 6.30. The molecule has 26 heavy (non-hydrogen) atoms. The summed E-state index contributed by atoms with van der Waals surface area (Å²) >= 11 is 5.91. The third kappa shape index (κ3) is 6.37. The van der Waals surface area contributed by atoms with Crippen molar-refractivity contribution in [3.63, 3.8) is 0 Å². The SMILES string of the molecule is CN=C(NCCC(=O)Nc1cccc(C)n1)N(C)Cc1ccc(Cl)cc1. The third-order valence-corrected chi connectivity index (χ3v) is 3.95. The van der Waals surface area contributed by atoms with E-state index in [1.807, 2.05) is 55.3 Å². The third-order valence-electron chi connectivity index (χ3n) is 3.70. The zero-order valence-electron chi connectivity index (χ0n) is 15.3. The minimum atomic E-state index is -0.0913. The number of aliphatic imine (C=N–C) groups is 1. The lowest BCUT2D eigenvalue weighted by molar-refractivity contribution is -0.116. The number of aryl methyl sites for hydroxylation is 1. The van der Waals surface area contributed by atoms with Crippen LogP contribution in [-0.4, -0.2) is 42.4 Å². The Bertz CT molecular complexity index is 761. The van der Waals surface area contributed by atoms with Gasteiger partial charge in [0, 0.05) is 44.3 Å². The van der Waals surface area contributed by atoms with Gasteiger partial charge in [-0.3, -0.25) is 9.79 Å². The summed E-state index contributed by atoms with van der Waals surface area (Å²) in [6.45, 7) is 3.06. The van der Waals surface area contributed by atoms with Crippen LogP contribution in [0.4, 0.5) is 5.82 Å². The number of guanidine groups is 1. The van der Waals surface area contributed by atoms with Crippen LogP contribution in [0.15, 0.2) is 47.5 Å². The molecule has 0 aliphatic heterocycles. The second-order valence-electron chi connectivity index (χ2n) is 5.92. The van der Waals surface area contributed by atoms with Crippen molar-refractivity contribution in [1.82, 2.24) is 15.2 Å². The molecule has 0 radical (unpaired) electrons. The van der Waals surface area contributed by atoms with Crippen LogP contribution in [0.25, 0.3) is 0 Å². The lowest BCUT2D eigenvalue weighted by Crippen LogP contribution is -2.39. The second-order valence-corrected chi connectivity index (χ2v) is 6.36. The standard InChI is InChI=1S/C19H24ClN5O/c1-14-5-4-6-17(23-14)24-18(26)11-12-22-19(21-2)25(3)13-15-7-9-16(20)10-8-15/h4-10H,11-13H2,1-3H3,(H,21,22)(H,23,24,26). The Balaban J connectivity index is 1.78. The lowest BCUT2D eigenvalue weighted by Gasteiger charge is -2.22. The fourth-order valence-electron chi connectivity index (χ4n) is 2.43. The van der Waals surface area contributed by atoms with Crippen molar-refractivity contribution in [2.24, 2.45) is 4.99 Å². The molecule has 138 valence electrons. The lowest BCUT2D eigenvalue weighted by atomic mass is 10.2. The van der Waals surface area contributed by atoms with Crippen LogP contribution in [-0.2, 0) is 11.3 Å². The highest BCUT2D eigenvalue weighted by Gasteiger charge is 2.08. The van der Waals surface area contributed by atoms with Gasteiger partial charge in [0.1, 0.15) is 5.82 Å². The molecule has 1 aromatic carbocycles. The van der Waals surface area contributed by atoms with Crippen molar-refractivity contribution >= 4 is 29.3 Å². The van der Waals surface area contributed by atoms with E-state index in [1.165, 1.54) is 0 Å². The largest absolute Gasteiger partial charge is 0.356 e. The summed E-state index contributed by atoms with van der Waals surface area (Å²) < 4.78 is 0. The molecule has 0 aliphatic rings. The van der Waals surface area contributed by atoms with Crippen molar-refractivity contribution in [2.45, 2.75) is 19.9 Å². The molecule has 0 saturated heterocycles. The Morgan fingerprint density at radius 3 is 2.62 bits per heavy atom. The molecule has 1 heterocycles. The van der Waals surface area contributed by atoms with Crippen molar-refractivity contribution in [3.05, 3.63) is 58.7 Å². The highest BCUT2D eigenvalue weighted by atomic mass is 35.5. The van der Waals surface area contributed by atoms with E-state index in [-0.39, 0.29) is 5.91 Å². The fourth-order valence-corrected chi connectivity index (χ4v) is 2.56. The molecule has 0 aliphatic carbocycles. The Morgan fingerprint density at radius 2 is 1.96 bits per heavy atom. The fraction of sp³-hybridized carbons (Fsp3) is 0.316. The van der Waals surface area contributed by atoms with Crippen LogP contribution >= 0.6 is 11.6 Å². The molecule has 6 nitrogen and oxygen atoms in total. The smallest absolute Gasteiger partial charge is 0.227 e. The first kappa shape index (κ1) is 19.7. The number of carbonyl (C=O) groups excluding carboxylic acids is 1. The summed E-state index contributed by atoms with van der Waals surface area (Å²) in [7, 11) is 3.66. The number of halogens is 1. The number of hydrogen-bond donors (Lipinski definition) is 2. The van der Waals surface area contributed by atoms with E-state index < -0.39 is 0 Å². The van der Waals surface area contributed by atoms with E-state index in [0.717, 1.165) is 17.2 Å². The Labute approximate surface area is 159 Å². The zero-order chi connectivity index (χ0) is 18.9. The molecule has 0 unspecified atom stereocenters. The number of rotatable bonds is 6. The van der Waals surface area contributed by atoms with Gasteiger partial charge in [0.05, 0.1) is 0 Å². The monoisotopic (exact) mass is 373 g/mol. The van der Waals surface area contributed by atoms with Gasteiger partial charge in [-0.1, -0.05) is 29.8 Å². The van der Waals surface area contributed by atoms with Gasteiger partial charge in [0.15, 0.2) is 5.96 Å². The number of aromatic nitrogens is 1. The van der Waals surface area contributed by atoms with Crippen LogP contribution in [0.1, 0.15) is 17.7 Å². The molecule has 2 aromatic rings. The van der Waals surface area contributed by atoms with Gasteiger partial charge in [-0.15, -0.1) is 0 Å². The Morgan fingerprint density at radius 1 is 1.23 bits per heavy atom. The van der Waals surface area contributed by atoms with Gasteiger partial charge in [-0.25, -0.2) is 4.98 Å². The molecule has 0 spiro atoms. The van der Waals surface area contributed by atoms with Gasteiger partial charge in [-0.2, -0.15) is 0 Å². The summed E-state index contributed by atoms with van der Waals surface area (Å²) in [6.07, 6.45) is 0.323. The molecule has 0 fully saturated rings. The minimum Gasteiger partial charge on any atom is -0.356 e. The molecule has 1 aromatic heterocycles. The normalized spacial score (nSPS) is 11.2. The number of hydrogen-bond acceptors (Lipinski definition) is 3. The molecule has 2 N–H and O–H groups in total. The van der Waals surface area contributed by atoms with Crippen molar-refractivity contribution in [2.75, 3.05) is 26.0 Å². The van der Waals surface area contributed by atoms with Gasteiger partial charge in [0.25, 0.3) is 0 Å². The first-order chi connectivity index (χ1) is 12.5.